The molecule has 0 aliphatic heterocycles. The van der Waals surface area contributed by atoms with E-state index in [2.05, 4.69) is 17.5 Å². The van der Waals surface area contributed by atoms with Gasteiger partial charge in [0.1, 0.15) is 0 Å². The van der Waals surface area contributed by atoms with Gasteiger partial charge in [0.25, 0.3) is 5.91 Å². The summed E-state index contributed by atoms with van der Waals surface area (Å²) in [6, 6.07) is 2.86. The van der Waals surface area contributed by atoms with Crippen molar-refractivity contribution in [3.05, 3.63) is 35.4 Å². The van der Waals surface area contributed by atoms with Gasteiger partial charge in [-0.3, -0.25) is 4.79 Å². The molecule has 3 N–H and O–H groups in total. The van der Waals surface area contributed by atoms with Gasteiger partial charge in [-0.25, -0.2) is 8.78 Å². The molecule has 3 nitrogen and oxygen atoms in total. The number of hydrogen-bond donors (Lipinski definition) is 2. The maximum atomic E-state index is 12.7. The maximum absolute atomic E-state index is 12.7. The lowest BCUT2D eigenvalue weighted by Gasteiger charge is -2.03. The molecule has 0 atom stereocenters. The van der Waals surface area contributed by atoms with E-state index in [9.17, 15) is 13.6 Å². The van der Waals surface area contributed by atoms with Crippen molar-refractivity contribution in [3.8, 4) is 0 Å². The van der Waals surface area contributed by atoms with E-state index in [1.54, 1.807) is 0 Å². The molecule has 0 saturated heterocycles. The van der Waals surface area contributed by atoms with Crippen molar-refractivity contribution in [1.82, 2.24) is 5.32 Å². The van der Waals surface area contributed by atoms with Crippen molar-refractivity contribution < 1.29 is 13.6 Å². The molecular weight excluding hydrogens is 222 g/mol. The molecule has 1 amide bonds. The molecule has 0 aliphatic carbocycles. The van der Waals surface area contributed by atoms with Crippen LogP contribution in [0, 0.1) is 11.6 Å². The number of carbonyl (C=O) groups excluding carboxylic acids is 1. The molecule has 15 heavy (non-hydrogen) atoms. The molecule has 80 valence electrons. The third-order valence-electron chi connectivity index (χ3n) is 1.60. The highest BCUT2D eigenvalue weighted by molar-refractivity contribution is 7.80. The number of carbonyl (C=O) groups is 1. The van der Waals surface area contributed by atoms with Crippen LogP contribution in [-0.2, 0) is 0 Å². The number of nitrogens with one attached hydrogen (secondary N) is 1. The van der Waals surface area contributed by atoms with E-state index >= 15 is 0 Å². The fraction of sp³-hybridized carbons (Fsp3) is 0.111. The molecule has 0 saturated carbocycles. The van der Waals surface area contributed by atoms with Gasteiger partial charge in [0.05, 0.1) is 11.5 Å². The molecular formula is C9H8F2N2OS. The number of thiocarbonyl (C=S) groups is 1. The van der Waals surface area contributed by atoms with Crippen LogP contribution >= 0.6 is 12.2 Å². The Bertz CT molecular complexity index is 409. The Morgan fingerprint density at radius 2 is 2.07 bits per heavy atom. The summed E-state index contributed by atoms with van der Waals surface area (Å²) in [7, 11) is 0. The van der Waals surface area contributed by atoms with Gasteiger partial charge in [-0.1, -0.05) is 12.2 Å². The number of nitrogens with two attached hydrogens (primary N) is 1. The van der Waals surface area contributed by atoms with Gasteiger partial charge in [0.15, 0.2) is 11.6 Å². The fourth-order valence-electron chi connectivity index (χ4n) is 0.907. The van der Waals surface area contributed by atoms with Crippen LogP contribution in [0.5, 0.6) is 0 Å². The first kappa shape index (κ1) is 11.5. The van der Waals surface area contributed by atoms with Gasteiger partial charge in [0, 0.05) is 5.56 Å². The fourth-order valence-corrected chi connectivity index (χ4v) is 0.979. The Balaban J connectivity index is 2.74. The molecule has 0 aliphatic rings. The molecule has 0 bridgehead atoms. The lowest BCUT2D eigenvalue weighted by atomic mass is 10.2. The Morgan fingerprint density at radius 1 is 1.40 bits per heavy atom. The summed E-state index contributed by atoms with van der Waals surface area (Å²) in [4.78, 5) is 11.4. The van der Waals surface area contributed by atoms with E-state index in [1.165, 1.54) is 6.07 Å². The lowest BCUT2D eigenvalue weighted by molar-refractivity contribution is 0.0959. The van der Waals surface area contributed by atoms with Gasteiger partial charge in [-0.05, 0) is 18.2 Å². The van der Waals surface area contributed by atoms with Crippen molar-refractivity contribution in [3.63, 3.8) is 0 Å². The Labute approximate surface area is 90.3 Å². The van der Waals surface area contributed by atoms with Crippen molar-refractivity contribution in [2.45, 2.75) is 0 Å². The summed E-state index contributed by atoms with van der Waals surface area (Å²) in [5.41, 5.74) is 5.17. The summed E-state index contributed by atoms with van der Waals surface area (Å²) in [6.07, 6.45) is 0. The first-order chi connectivity index (χ1) is 7.00. The van der Waals surface area contributed by atoms with Crippen molar-refractivity contribution in [2.75, 3.05) is 6.54 Å². The van der Waals surface area contributed by atoms with Crippen LogP contribution < -0.4 is 11.1 Å². The van der Waals surface area contributed by atoms with E-state index in [0.29, 0.717) is 0 Å². The molecule has 0 heterocycles. The smallest absolute Gasteiger partial charge is 0.251 e. The predicted molar refractivity (Wildman–Crippen MR) is 55.5 cm³/mol. The molecule has 0 fully saturated rings. The number of rotatable bonds is 3. The van der Waals surface area contributed by atoms with Crippen LogP contribution in [0.2, 0.25) is 0 Å². The maximum Gasteiger partial charge on any atom is 0.251 e. The lowest BCUT2D eigenvalue weighted by Crippen LogP contribution is -2.32. The second kappa shape index (κ2) is 4.79. The van der Waals surface area contributed by atoms with Gasteiger partial charge in [0.2, 0.25) is 0 Å². The quantitative estimate of drug-likeness (QED) is 0.761. The van der Waals surface area contributed by atoms with Crippen LogP contribution in [0.15, 0.2) is 18.2 Å². The number of halogens is 2. The minimum atomic E-state index is -1.07. The first-order valence-electron chi connectivity index (χ1n) is 4.02. The zero-order valence-electron chi connectivity index (χ0n) is 7.59. The van der Waals surface area contributed by atoms with Crippen LogP contribution in [0.25, 0.3) is 0 Å². The van der Waals surface area contributed by atoms with Crippen molar-refractivity contribution >= 4 is 23.1 Å². The van der Waals surface area contributed by atoms with Gasteiger partial charge >= 0.3 is 0 Å². The molecule has 1 aromatic carbocycles. The summed E-state index contributed by atoms with van der Waals surface area (Å²) >= 11 is 4.54. The molecule has 0 aromatic heterocycles. The zero-order chi connectivity index (χ0) is 11.4. The second-order valence-electron chi connectivity index (χ2n) is 2.78. The highest BCUT2D eigenvalue weighted by atomic mass is 32.1. The third kappa shape index (κ3) is 3.25. The number of amides is 1. The Morgan fingerprint density at radius 3 is 2.60 bits per heavy atom. The summed E-state index contributed by atoms with van der Waals surface area (Å²) in [6.45, 7) is 0.0210. The number of benzene rings is 1. The summed E-state index contributed by atoms with van der Waals surface area (Å²) in [5, 5.41) is 2.35. The molecule has 0 radical (unpaired) electrons. The van der Waals surface area contributed by atoms with Crippen LogP contribution in [-0.4, -0.2) is 17.4 Å². The Kier molecular flexibility index (Phi) is 3.68. The van der Waals surface area contributed by atoms with Crippen LogP contribution in [0.1, 0.15) is 10.4 Å². The molecule has 1 rings (SSSR count). The Hall–Kier alpha value is -1.56. The average molecular weight is 230 g/mol. The third-order valence-corrected chi connectivity index (χ3v) is 1.75. The summed E-state index contributed by atoms with van der Waals surface area (Å²) < 4.78 is 25.3. The number of hydrogen-bond acceptors (Lipinski definition) is 2. The van der Waals surface area contributed by atoms with E-state index in [4.69, 9.17) is 5.73 Å². The van der Waals surface area contributed by atoms with Crippen LogP contribution in [0.3, 0.4) is 0 Å². The molecule has 6 heteroatoms. The average Bonchev–Trinajstić information content (AvgIpc) is 2.18. The standard InChI is InChI=1S/C9H8F2N2OS/c10-6-2-1-5(3-7(6)11)9(14)13-4-8(12)15/h1-3H,4H2,(H2,12,15)(H,13,14). The van der Waals surface area contributed by atoms with E-state index < -0.39 is 17.5 Å². The topological polar surface area (TPSA) is 55.1 Å². The zero-order valence-corrected chi connectivity index (χ0v) is 8.41. The second-order valence-corrected chi connectivity index (χ2v) is 3.30. The predicted octanol–water partition coefficient (Wildman–Crippen LogP) is 0.981. The monoisotopic (exact) mass is 230 g/mol. The molecule has 1 aromatic rings. The highest BCUT2D eigenvalue weighted by Crippen LogP contribution is 2.08. The summed E-state index contributed by atoms with van der Waals surface area (Å²) in [5.74, 6) is -2.62. The van der Waals surface area contributed by atoms with E-state index in [1.807, 2.05) is 0 Å². The van der Waals surface area contributed by atoms with E-state index in [-0.39, 0.29) is 17.1 Å². The van der Waals surface area contributed by atoms with Crippen molar-refractivity contribution in [2.24, 2.45) is 5.73 Å². The van der Waals surface area contributed by atoms with Gasteiger partial charge < -0.3 is 11.1 Å². The SMILES string of the molecule is NC(=S)CNC(=O)c1ccc(F)c(F)c1. The van der Waals surface area contributed by atoms with Gasteiger partial charge in [-0.15, -0.1) is 0 Å². The van der Waals surface area contributed by atoms with Crippen molar-refractivity contribution in [1.29, 1.82) is 0 Å². The molecule has 0 spiro atoms. The van der Waals surface area contributed by atoms with E-state index in [0.717, 1.165) is 12.1 Å². The largest absolute Gasteiger partial charge is 0.392 e. The van der Waals surface area contributed by atoms with Crippen LogP contribution in [0.4, 0.5) is 8.78 Å². The first-order valence-corrected chi connectivity index (χ1v) is 4.43. The minimum absolute atomic E-state index is 0.0187. The molecule has 0 unspecified atom stereocenters. The minimum Gasteiger partial charge on any atom is -0.392 e. The van der Waals surface area contributed by atoms with Gasteiger partial charge in [-0.2, -0.15) is 0 Å². The normalized spacial score (nSPS) is 9.73. The highest BCUT2D eigenvalue weighted by Gasteiger charge is 2.09.